The van der Waals surface area contributed by atoms with E-state index >= 15 is 0 Å². The summed E-state index contributed by atoms with van der Waals surface area (Å²) in [6.07, 6.45) is 4.88. The van der Waals surface area contributed by atoms with Gasteiger partial charge >= 0.3 is 0 Å². The molecule has 0 radical (unpaired) electrons. The second-order valence-electron chi connectivity index (χ2n) is 4.56. The number of nitrogens with two attached hydrogens (primary N) is 1. The lowest BCUT2D eigenvalue weighted by Gasteiger charge is -2.35. The minimum Gasteiger partial charge on any atom is -0.388 e. The van der Waals surface area contributed by atoms with Crippen LogP contribution in [0.5, 0.6) is 0 Å². The predicted molar refractivity (Wildman–Crippen MR) is 59.3 cm³/mol. The Morgan fingerprint density at radius 2 is 2.13 bits per heavy atom. The quantitative estimate of drug-likeness (QED) is 0.634. The largest absolute Gasteiger partial charge is 0.388 e. The second kappa shape index (κ2) is 5.47. The molecule has 1 aliphatic carbocycles. The Morgan fingerprint density at radius 1 is 1.53 bits per heavy atom. The summed E-state index contributed by atoms with van der Waals surface area (Å²) < 4.78 is 0. The molecule has 0 aromatic heterocycles. The van der Waals surface area contributed by atoms with Gasteiger partial charge in [0.25, 0.3) is 0 Å². The van der Waals surface area contributed by atoms with Crippen LogP contribution < -0.4 is 11.1 Å². The van der Waals surface area contributed by atoms with Crippen molar-refractivity contribution in [3.8, 4) is 0 Å². The van der Waals surface area contributed by atoms with Gasteiger partial charge in [-0.2, -0.15) is 0 Å². The van der Waals surface area contributed by atoms with Crippen LogP contribution in [0.3, 0.4) is 0 Å². The van der Waals surface area contributed by atoms with E-state index in [4.69, 9.17) is 5.73 Å². The maximum absolute atomic E-state index is 11.0. The van der Waals surface area contributed by atoms with Crippen LogP contribution in [0.25, 0.3) is 0 Å². The maximum Gasteiger partial charge on any atom is 0.233 e. The minimum absolute atomic E-state index is 0.00628. The van der Waals surface area contributed by atoms with E-state index in [0.29, 0.717) is 6.54 Å². The summed E-state index contributed by atoms with van der Waals surface area (Å²) in [5.41, 5.74) is 4.48. The molecule has 1 amide bonds. The Hall–Kier alpha value is -0.610. The molecule has 0 aromatic carbocycles. The molecule has 4 nitrogen and oxygen atoms in total. The first-order valence-electron chi connectivity index (χ1n) is 5.79. The van der Waals surface area contributed by atoms with Gasteiger partial charge in [-0.25, -0.2) is 0 Å². The van der Waals surface area contributed by atoms with Gasteiger partial charge in [-0.3, -0.25) is 4.79 Å². The topological polar surface area (TPSA) is 75.3 Å². The molecule has 88 valence electrons. The molecule has 0 atom stereocenters. The van der Waals surface area contributed by atoms with Crippen LogP contribution in [0.2, 0.25) is 0 Å². The Labute approximate surface area is 91.2 Å². The molecule has 1 fully saturated rings. The lowest BCUT2D eigenvalue weighted by atomic mass is 9.78. The Balaban J connectivity index is 2.31. The van der Waals surface area contributed by atoms with Gasteiger partial charge < -0.3 is 16.2 Å². The highest BCUT2D eigenvalue weighted by Gasteiger charge is 2.32. The summed E-state index contributed by atoms with van der Waals surface area (Å²) in [4.78, 5) is 11.0. The number of amides is 1. The van der Waals surface area contributed by atoms with Crippen molar-refractivity contribution in [1.82, 2.24) is 5.32 Å². The van der Waals surface area contributed by atoms with E-state index in [0.717, 1.165) is 31.6 Å². The van der Waals surface area contributed by atoms with Crippen molar-refractivity contribution in [2.45, 2.75) is 44.6 Å². The maximum atomic E-state index is 11.0. The van der Waals surface area contributed by atoms with Gasteiger partial charge in [0.2, 0.25) is 5.91 Å². The summed E-state index contributed by atoms with van der Waals surface area (Å²) in [5, 5.41) is 12.8. The van der Waals surface area contributed by atoms with Gasteiger partial charge in [0.1, 0.15) is 0 Å². The average molecular weight is 214 g/mol. The second-order valence-corrected chi connectivity index (χ2v) is 4.56. The molecule has 4 N–H and O–H groups in total. The molecule has 0 aromatic rings. The third kappa shape index (κ3) is 3.80. The highest BCUT2D eigenvalue weighted by atomic mass is 16.3. The van der Waals surface area contributed by atoms with Crippen LogP contribution in [-0.2, 0) is 4.79 Å². The third-order valence-electron chi connectivity index (χ3n) is 3.41. The van der Waals surface area contributed by atoms with Crippen molar-refractivity contribution in [2.24, 2.45) is 11.7 Å². The fourth-order valence-corrected chi connectivity index (χ4v) is 2.14. The van der Waals surface area contributed by atoms with Crippen molar-refractivity contribution >= 4 is 5.91 Å². The van der Waals surface area contributed by atoms with E-state index in [1.54, 1.807) is 0 Å². The summed E-state index contributed by atoms with van der Waals surface area (Å²) in [6, 6.07) is 0. The summed E-state index contributed by atoms with van der Waals surface area (Å²) in [7, 11) is 0. The summed E-state index contributed by atoms with van der Waals surface area (Å²) in [6.45, 7) is 2.53. The zero-order chi connectivity index (χ0) is 11.3. The van der Waals surface area contributed by atoms with Gasteiger partial charge in [-0.15, -0.1) is 0 Å². The normalized spacial score (nSPS) is 31.3. The van der Waals surface area contributed by atoms with Gasteiger partial charge in [-0.1, -0.05) is 13.3 Å². The van der Waals surface area contributed by atoms with Crippen LogP contribution in [0, 0.1) is 5.92 Å². The third-order valence-corrected chi connectivity index (χ3v) is 3.41. The van der Waals surface area contributed by atoms with Crippen LogP contribution in [0.1, 0.15) is 39.0 Å². The highest BCUT2D eigenvalue weighted by Crippen LogP contribution is 2.33. The van der Waals surface area contributed by atoms with E-state index in [-0.39, 0.29) is 12.5 Å². The molecule has 0 heterocycles. The average Bonchev–Trinajstić information content (AvgIpc) is 2.27. The molecule has 0 spiro atoms. The van der Waals surface area contributed by atoms with Gasteiger partial charge in [-0.05, 0) is 31.6 Å². The van der Waals surface area contributed by atoms with Crippen molar-refractivity contribution in [1.29, 1.82) is 0 Å². The van der Waals surface area contributed by atoms with E-state index in [1.165, 1.54) is 6.42 Å². The lowest BCUT2D eigenvalue weighted by Crippen LogP contribution is -2.46. The fourth-order valence-electron chi connectivity index (χ4n) is 2.14. The Morgan fingerprint density at radius 3 is 2.60 bits per heavy atom. The van der Waals surface area contributed by atoms with Gasteiger partial charge in [0.15, 0.2) is 0 Å². The van der Waals surface area contributed by atoms with E-state index in [9.17, 15) is 9.90 Å². The van der Waals surface area contributed by atoms with Gasteiger partial charge in [0, 0.05) is 6.54 Å². The molecular formula is C11H22N2O2. The van der Waals surface area contributed by atoms with Crippen LogP contribution in [0.4, 0.5) is 0 Å². The Bertz CT molecular complexity index is 211. The molecule has 15 heavy (non-hydrogen) atoms. The van der Waals surface area contributed by atoms with Crippen LogP contribution in [0.15, 0.2) is 0 Å². The molecule has 1 rings (SSSR count). The SMILES string of the molecule is CCC1CCC(O)(CNC(=O)CN)CC1. The fraction of sp³-hybridized carbons (Fsp3) is 0.909. The predicted octanol–water partition coefficient (Wildman–Crippen LogP) is 0.393. The molecule has 0 saturated heterocycles. The zero-order valence-corrected chi connectivity index (χ0v) is 9.46. The molecular weight excluding hydrogens is 192 g/mol. The first kappa shape index (κ1) is 12.5. The number of nitrogens with one attached hydrogen (secondary N) is 1. The minimum atomic E-state index is -0.698. The summed E-state index contributed by atoms with van der Waals surface area (Å²) >= 11 is 0. The van der Waals surface area contributed by atoms with Crippen molar-refractivity contribution < 1.29 is 9.90 Å². The Kier molecular flexibility index (Phi) is 4.54. The number of carbonyl (C=O) groups excluding carboxylic acids is 1. The first-order valence-corrected chi connectivity index (χ1v) is 5.79. The molecule has 0 unspecified atom stereocenters. The van der Waals surface area contributed by atoms with Crippen molar-refractivity contribution in [3.63, 3.8) is 0 Å². The van der Waals surface area contributed by atoms with E-state index in [2.05, 4.69) is 12.2 Å². The van der Waals surface area contributed by atoms with Crippen LogP contribution >= 0.6 is 0 Å². The van der Waals surface area contributed by atoms with Gasteiger partial charge in [0.05, 0.1) is 12.1 Å². The van der Waals surface area contributed by atoms with E-state index < -0.39 is 5.60 Å². The molecule has 0 aliphatic heterocycles. The zero-order valence-electron chi connectivity index (χ0n) is 9.46. The number of hydrogen-bond donors (Lipinski definition) is 3. The standard InChI is InChI=1S/C11H22N2O2/c1-2-9-3-5-11(15,6-4-9)8-13-10(14)7-12/h9,15H,2-8,12H2,1H3,(H,13,14). The number of aliphatic hydroxyl groups is 1. The van der Waals surface area contributed by atoms with E-state index in [1.807, 2.05) is 0 Å². The summed E-state index contributed by atoms with van der Waals surface area (Å²) in [5.74, 6) is 0.552. The van der Waals surface area contributed by atoms with Crippen LogP contribution in [-0.4, -0.2) is 29.7 Å². The van der Waals surface area contributed by atoms with Crippen molar-refractivity contribution in [2.75, 3.05) is 13.1 Å². The monoisotopic (exact) mass is 214 g/mol. The first-order chi connectivity index (χ1) is 7.09. The smallest absolute Gasteiger partial charge is 0.233 e. The van der Waals surface area contributed by atoms with Crippen molar-refractivity contribution in [3.05, 3.63) is 0 Å². The number of carbonyl (C=O) groups is 1. The highest BCUT2D eigenvalue weighted by molar-refractivity contribution is 5.77. The molecule has 1 aliphatic rings. The molecule has 4 heteroatoms. The molecule has 1 saturated carbocycles. The lowest BCUT2D eigenvalue weighted by molar-refractivity contribution is -0.121. The molecule has 0 bridgehead atoms. The number of rotatable bonds is 4. The number of hydrogen-bond acceptors (Lipinski definition) is 3.